The SMILES string of the molecule is Cc1oc(-c2ccccc2)nc1CCOc1ccc2c(c1)C(C(=O)[O-])N(C(=O)c1ccccn1)CC2.[Na+]. The summed E-state index contributed by atoms with van der Waals surface area (Å²) >= 11 is 0. The van der Waals surface area contributed by atoms with Gasteiger partial charge in [-0.25, -0.2) is 4.98 Å². The predicted molar refractivity (Wildman–Crippen MR) is 129 cm³/mol. The molecule has 1 aliphatic heterocycles. The van der Waals surface area contributed by atoms with Crippen molar-refractivity contribution in [3.05, 3.63) is 101 Å². The average Bonchev–Trinajstić information content (AvgIpc) is 3.28. The number of pyridine rings is 1. The number of hydrogen-bond donors (Lipinski definition) is 0. The van der Waals surface area contributed by atoms with E-state index in [0.717, 1.165) is 22.6 Å². The molecule has 8 nitrogen and oxygen atoms in total. The summed E-state index contributed by atoms with van der Waals surface area (Å²) in [5.74, 6) is 0.00744. The van der Waals surface area contributed by atoms with Crippen LogP contribution in [-0.2, 0) is 17.6 Å². The Morgan fingerprint density at radius 1 is 1.11 bits per heavy atom. The minimum Gasteiger partial charge on any atom is -0.548 e. The minimum absolute atomic E-state index is 0. The van der Waals surface area contributed by atoms with Crippen LogP contribution in [0.4, 0.5) is 0 Å². The Kier molecular flexibility index (Phi) is 8.43. The maximum atomic E-state index is 13.0. The standard InChI is InChI=1S/C28H25N3O5.Na/c1-18-23(30-26(36-18)20-7-3-2-4-8-20)13-16-35-21-11-10-19-12-15-31(25(28(33)34)22(19)17-21)27(32)24-9-5-6-14-29-24;/h2-11,14,17,25H,12-13,15-16H2,1H3,(H,33,34);/q;+1/p-1. The number of fused-ring (bicyclic) bond motifs is 1. The van der Waals surface area contributed by atoms with E-state index in [2.05, 4.69) is 9.97 Å². The predicted octanol–water partition coefficient (Wildman–Crippen LogP) is 0.160. The number of benzene rings is 2. The van der Waals surface area contributed by atoms with E-state index in [-0.39, 0.29) is 41.8 Å². The van der Waals surface area contributed by atoms with E-state index >= 15 is 0 Å². The molecule has 0 aliphatic carbocycles. The summed E-state index contributed by atoms with van der Waals surface area (Å²) in [4.78, 5) is 35.1. The first-order valence-corrected chi connectivity index (χ1v) is 11.7. The first-order valence-electron chi connectivity index (χ1n) is 11.7. The number of carbonyl (C=O) groups is 2. The van der Waals surface area contributed by atoms with Crippen molar-refractivity contribution < 1.29 is 53.4 Å². The number of oxazole rings is 1. The quantitative estimate of drug-likeness (QED) is 0.329. The van der Waals surface area contributed by atoms with Crippen LogP contribution in [0.25, 0.3) is 11.5 Å². The monoisotopic (exact) mass is 505 g/mol. The number of carboxylic acids is 1. The van der Waals surface area contributed by atoms with Crippen LogP contribution in [0.2, 0.25) is 0 Å². The van der Waals surface area contributed by atoms with E-state index < -0.39 is 17.9 Å². The van der Waals surface area contributed by atoms with Crippen molar-refractivity contribution in [2.24, 2.45) is 0 Å². The topological polar surface area (TPSA) is 109 Å². The fourth-order valence-electron chi connectivity index (χ4n) is 4.42. The van der Waals surface area contributed by atoms with E-state index in [4.69, 9.17) is 9.15 Å². The van der Waals surface area contributed by atoms with Crippen LogP contribution in [0.15, 0.2) is 77.3 Å². The number of aryl methyl sites for hydroxylation is 1. The zero-order valence-electron chi connectivity index (χ0n) is 20.7. The van der Waals surface area contributed by atoms with Crippen molar-refractivity contribution in [1.29, 1.82) is 0 Å². The summed E-state index contributed by atoms with van der Waals surface area (Å²) in [6, 6.07) is 18.7. The molecule has 0 N–H and O–H groups in total. The van der Waals surface area contributed by atoms with Crippen molar-refractivity contribution in [2.75, 3.05) is 13.2 Å². The number of aliphatic carboxylic acids is 1. The molecule has 1 unspecified atom stereocenters. The number of hydrogen-bond acceptors (Lipinski definition) is 7. The maximum absolute atomic E-state index is 13.0. The molecule has 2 aromatic carbocycles. The van der Waals surface area contributed by atoms with Crippen LogP contribution in [0, 0.1) is 6.92 Å². The molecular formula is C28H24N3NaO5. The third-order valence-electron chi connectivity index (χ3n) is 6.23. The Balaban J connectivity index is 0.00000320. The molecule has 182 valence electrons. The van der Waals surface area contributed by atoms with Gasteiger partial charge in [0.05, 0.1) is 24.3 Å². The van der Waals surface area contributed by atoms with Crippen LogP contribution in [0.1, 0.15) is 39.1 Å². The molecule has 5 rings (SSSR count). The van der Waals surface area contributed by atoms with E-state index in [1.54, 1.807) is 24.3 Å². The third-order valence-corrected chi connectivity index (χ3v) is 6.23. The van der Waals surface area contributed by atoms with Crippen molar-refractivity contribution in [1.82, 2.24) is 14.9 Å². The first-order chi connectivity index (χ1) is 17.5. The van der Waals surface area contributed by atoms with E-state index in [0.29, 0.717) is 36.7 Å². The molecule has 0 fully saturated rings. The molecule has 9 heteroatoms. The van der Waals surface area contributed by atoms with Gasteiger partial charge in [-0.05, 0) is 60.9 Å². The van der Waals surface area contributed by atoms with Gasteiger partial charge in [0.2, 0.25) is 5.89 Å². The van der Waals surface area contributed by atoms with Gasteiger partial charge < -0.3 is 24.0 Å². The van der Waals surface area contributed by atoms with E-state index in [1.807, 2.05) is 49.4 Å². The molecule has 0 saturated heterocycles. The number of nitrogens with zero attached hydrogens (tertiary/aromatic N) is 3. The first kappa shape index (κ1) is 26.6. The Bertz CT molecular complexity index is 1390. The molecule has 0 spiro atoms. The van der Waals surface area contributed by atoms with Gasteiger partial charge in [-0.1, -0.05) is 30.3 Å². The minimum atomic E-state index is -1.34. The van der Waals surface area contributed by atoms with Gasteiger partial charge in [0, 0.05) is 24.7 Å². The number of carboxylic acid groups (broad SMARTS) is 1. The van der Waals surface area contributed by atoms with Crippen LogP contribution in [-0.4, -0.2) is 39.9 Å². The molecule has 1 amide bonds. The summed E-state index contributed by atoms with van der Waals surface area (Å²) < 4.78 is 11.8. The number of carbonyl (C=O) groups excluding carboxylic acids is 2. The van der Waals surface area contributed by atoms with Crippen molar-refractivity contribution in [2.45, 2.75) is 25.8 Å². The van der Waals surface area contributed by atoms with Crippen molar-refractivity contribution in [3.8, 4) is 17.2 Å². The summed E-state index contributed by atoms with van der Waals surface area (Å²) in [6.45, 7) is 2.45. The molecule has 37 heavy (non-hydrogen) atoms. The fourth-order valence-corrected chi connectivity index (χ4v) is 4.42. The second kappa shape index (κ2) is 11.7. The molecular weight excluding hydrogens is 481 g/mol. The second-order valence-corrected chi connectivity index (χ2v) is 8.53. The zero-order valence-corrected chi connectivity index (χ0v) is 22.7. The van der Waals surface area contributed by atoms with Gasteiger partial charge in [0.15, 0.2) is 0 Å². The van der Waals surface area contributed by atoms with Gasteiger partial charge in [-0.15, -0.1) is 0 Å². The average molecular weight is 506 g/mol. The van der Waals surface area contributed by atoms with Crippen molar-refractivity contribution in [3.63, 3.8) is 0 Å². The normalized spacial score (nSPS) is 14.4. The molecule has 0 saturated carbocycles. The Morgan fingerprint density at radius 2 is 1.89 bits per heavy atom. The molecule has 0 bridgehead atoms. The van der Waals surface area contributed by atoms with Crippen LogP contribution < -0.4 is 39.4 Å². The summed E-state index contributed by atoms with van der Waals surface area (Å²) in [7, 11) is 0. The molecule has 2 aromatic heterocycles. The van der Waals surface area contributed by atoms with Crippen LogP contribution in [0.3, 0.4) is 0 Å². The number of rotatable bonds is 7. The Hall–Kier alpha value is -3.46. The Morgan fingerprint density at radius 3 is 2.62 bits per heavy atom. The maximum Gasteiger partial charge on any atom is 1.00 e. The van der Waals surface area contributed by atoms with Gasteiger partial charge in [0.1, 0.15) is 17.2 Å². The van der Waals surface area contributed by atoms with Gasteiger partial charge in [-0.3, -0.25) is 9.78 Å². The molecule has 1 aliphatic rings. The smallest absolute Gasteiger partial charge is 0.548 e. The molecule has 1 atom stereocenters. The van der Waals surface area contributed by atoms with Gasteiger partial charge >= 0.3 is 29.6 Å². The van der Waals surface area contributed by atoms with Crippen molar-refractivity contribution >= 4 is 11.9 Å². The largest absolute Gasteiger partial charge is 1.00 e. The van der Waals surface area contributed by atoms with Crippen LogP contribution in [0.5, 0.6) is 5.75 Å². The number of amides is 1. The Labute approximate surface area is 236 Å². The van der Waals surface area contributed by atoms with Gasteiger partial charge in [-0.2, -0.15) is 0 Å². The van der Waals surface area contributed by atoms with Crippen LogP contribution >= 0.6 is 0 Å². The number of ether oxygens (including phenoxy) is 1. The molecule has 4 aromatic rings. The molecule has 3 heterocycles. The zero-order chi connectivity index (χ0) is 25.1. The fraction of sp³-hybridized carbons (Fsp3) is 0.214. The summed E-state index contributed by atoms with van der Waals surface area (Å²) in [6.07, 6.45) is 2.55. The van der Waals surface area contributed by atoms with Gasteiger partial charge in [0.25, 0.3) is 5.91 Å². The summed E-state index contributed by atoms with van der Waals surface area (Å²) in [5.41, 5.74) is 3.23. The van der Waals surface area contributed by atoms with E-state index in [1.165, 1.54) is 11.1 Å². The third kappa shape index (κ3) is 5.77. The second-order valence-electron chi connectivity index (χ2n) is 8.53. The summed E-state index contributed by atoms with van der Waals surface area (Å²) in [5, 5.41) is 12.1. The number of aromatic nitrogens is 2. The molecule has 0 radical (unpaired) electrons. The van der Waals surface area contributed by atoms with E-state index in [9.17, 15) is 14.7 Å².